The Balaban J connectivity index is 2.07. The average Bonchev–Trinajstić information content (AvgIpc) is 3.06. The molecule has 0 bridgehead atoms. The fourth-order valence-corrected chi connectivity index (χ4v) is 2.67. The molecule has 2 heterocycles. The Hall–Kier alpha value is -3.23. The number of aromatic hydroxyl groups is 1. The molecule has 0 radical (unpaired) electrons. The summed E-state index contributed by atoms with van der Waals surface area (Å²) in [6.07, 6.45) is 0. The number of ether oxygens (including phenoxy) is 3. The first-order valence-electron chi connectivity index (χ1n) is 7.27. The molecule has 3 N–H and O–H groups in total. The van der Waals surface area contributed by atoms with Crippen LogP contribution in [0.5, 0.6) is 23.0 Å². The molecule has 0 saturated heterocycles. The fraction of sp³-hybridized carbons (Fsp3) is 0.118. The van der Waals surface area contributed by atoms with E-state index in [1.807, 2.05) is 0 Å². The minimum Gasteiger partial charge on any atom is -0.504 e. The lowest BCUT2D eigenvalue weighted by Crippen LogP contribution is -2.19. The van der Waals surface area contributed by atoms with Gasteiger partial charge in [0.15, 0.2) is 17.3 Å². The van der Waals surface area contributed by atoms with Crippen LogP contribution >= 0.6 is 0 Å². The Morgan fingerprint density at radius 2 is 1.88 bits per heavy atom. The van der Waals surface area contributed by atoms with Crippen molar-refractivity contribution in [3.63, 3.8) is 0 Å². The summed E-state index contributed by atoms with van der Waals surface area (Å²) >= 11 is 0. The lowest BCUT2D eigenvalue weighted by atomic mass is 10.1. The summed E-state index contributed by atoms with van der Waals surface area (Å²) in [6, 6.07) is 9.95. The Morgan fingerprint density at radius 3 is 2.60 bits per heavy atom. The molecule has 2 aromatic carbocycles. The molecule has 0 amide bonds. The topological polar surface area (TPSA) is 119 Å². The predicted molar refractivity (Wildman–Crippen MR) is 84.6 cm³/mol. The molecule has 8 nitrogen and oxygen atoms in total. The lowest BCUT2D eigenvalue weighted by molar-refractivity contribution is -0.180. The molecular weight excluding hydrogens is 332 g/mol. The van der Waals surface area contributed by atoms with Gasteiger partial charge in [0, 0.05) is 11.6 Å². The van der Waals surface area contributed by atoms with E-state index in [1.54, 1.807) is 30.3 Å². The van der Waals surface area contributed by atoms with Gasteiger partial charge in [0.1, 0.15) is 11.0 Å². The van der Waals surface area contributed by atoms with E-state index in [2.05, 4.69) is 0 Å². The van der Waals surface area contributed by atoms with Gasteiger partial charge in [-0.1, -0.05) is 30.3 Å². The maximum absolute atomic E-state index is 12.8. The summed E-state index contributed by atoms with van der Waals surface area (Å²) in [5.41, 5.74) is -0.247. The van der Waals surface area contributed by atoms with Crippen LogP contribution in [-0.2, 0) is 0 Å². The van der Waals surface area contributed by atoms with Crippen molar-refractivity contribution in [1.29, 1.82) is 0 Å². The first kappa shape index (κ1) is 15.3. The highest BCUT2D eigenvalue weighted by molar-refractivity contribution is 5.91. The average molecular weight is 344 g/mol. The van der Waals surface area contributed by atoms with Crippen LogP contribution in [0.2, 0.25) is 0 Å². The molecular formula is C17H12O8. The van der Waals surface area contributed by atoms with Crippen LogP contribution in [0.15, 0.2) is 45.6 Å². The zero-order valence-corrected chi connectivity index (χ0v) is 12.6. The molecule has 25 heavy (non-hydrogen) atoms. The molecule has 0 spiro atoms. The van der Waals surface area contributed by atoms with E-state index in [4.69, 9.17) is 28.8 Å². The molecule has 0 fully saturated rings. The molecule has 0 saturated carbocycles. The van der Waals surface area contributed by atoms with Gasteiger partial charge in [-0.3, -0.25) is 4.79 Å². The predicted octanol–water partition coefficient (Wildman–Crippen LogP) is 1.54. The molecule has 1 aliphatic rings. The number of phenolic OH excluding ortho intramolecular Hbond substituents is 1. The second-order valence-corrected chi connectivity index (χ2v) is 5.23. The van der Waals surface area contributed by atoms with Gasteiger partial charge in [0.05, 0.1) is 0 Å². The Bertz CT molecular complexity index is 1010. The number of hydrogen-bond acceptors (Lipinski definition) is 8. The second-order valence-electron chi connectivity index (χ2n) is 5.23. The van der Waals surface area contributed by atoms with Crippen LogP contribution < -0.4 is 19.6 Å². The van der Waals surface area contributed by atoms with Crippen LogP contribution in [0.1, 0.15) is 0 Å². The van der Waals surface area contributed by atoms with Crippen molar-refractivity contribution in [3.8, 4) is 34.3 Å². The normalized spacial score (nSPS) is 12.8. The Morgan fingerprint density at radius 1 is 1.12 bits per heavy atom. The molecule has 3 aromatic rings. The van der Waals surface area contributed by atoms with Gasteiger partial charge in [-0.2, -0.15) is 0 Å². The minimum absolute atomic E-state index is 0.00975. The lowest BCUT2D eigenvalue weighted by Gasteiger charge is -2.13. The highest BCUT2D eigenvalue weighted by Gasteiger charge is 2.27. The van der Waals surface area contributed by atoms with Crippen molar-refractivity contribution in [2.45, 2.75) is 6.48 Å². The zero-order chi connectivity index (χ0) is 17.6. The smallest absolute Gasteiger partial charge is 0.311 e. The fourth-order valence-electron chi connectivity index (χ4n) is 2.67. The van der Waals surface area contributed by atoms with Crippen LogP contribution in [0.4, 0.5) is 0 Å². The van der Waals surface area contributed by atoms with Crippen molar-refractivity contribution in [2.24, 2.45) is 0 Å². The first-order valence-corrected chi connectivity index (χ1v) is 7.27. The van der Waals surface area contributed by atoms with Crippen LogP contribution in [0.25, 0.3) is 22.3 Å². The van der Waals surface area contributed by atoms with Gasteiger partial charge in [-0.25, -0.2) is 0 Å². The maximum atomic E-state index is 12.8. The number of benzene rings is 2. The summed E-state index contributed by atoms with van der Waals surface area (Å²) in [7, 11) is 0. The summed E-state index contributed by atoms with van der Waals surface area (Å²) in [6.45, 7) is -2.34. The molecule has 0 atom stereocenters. The number of rotatable bonds is 3. The van der Waals surface area contributed by atoms with Crippen molar-refractivity contribution in [3.05, 3.63) is 46.6 Å². The molecule has 1 aromatic heterocycles. The quantitative estimate of drug-likeness (QED) is 0.612. The van der Waals surface area contributed by atoms with E-state index in [0.717, 1.165) is 0 Å². The van der Waals surface area contributed by atoms with Gasteiger partial charge in [0.2, 0.25) is 23.7 Å². The SMILES string of the molecule is O=c1c(OC(O)O)c(-c2ccccc2)oc2cc3c(c(O)c12)OCO3. The second kappa shape index (κ2) is 5.69. The summed E-state index contributed by atoms with van der Waals surface area (Å²) < 4.78 is 20.9. The third-order valence-electron chi connectivity index (χ3n) is 3.71. The van der Waals surface area contributed by atoms with Crippen LogP contribution in [0.3, 0.4) is 0 Å². The van der Waals surface area contributed by atoms with Gasteiger partial charge in [-0.05, 0) is 0 Å². The molecule has 4 rings (SSSR count). The standard InChI is InChI=1S/C17H12O8/c18-12-11-9(6-10-15(12)23-7-22-10)24-14(8-4-2-1-3-5-8)16(13(11)19)25-17(20)21/h1-6,17-18,20-21H,7H2. The Kier molecular flexibility index (Phi) is 3.48. The van der Waals surface area contributed by atoms with Crippen LogP contribution in [-0.4, -0.2) is 28.6 Å². The van der Waals surface area contributed by atoms with E-state index >= 15 is 0 Å². The summed E-state index contributed by atoms with van der Waals surface area (Å²) in [4.78, 5) is 12.8. The third kappa shape index (κ3) is 2.44. The van der Waals surface area contributed by atoms with E-state index < -0.39 is 23.4 Å². The molecule has 8 heteroatoms. The largest absolute Gasteiger partial charge is 0.504 e. The summed E-state index contributed by atoms with van der Waals surface area (Å²) in [5.74, 6) is -0.659. The number of aliphatic hydroxyl groups is 2. The van der Waals surface area contributed by atoms with Gasteiger partial charge in [-0.15, -0.1) is 0 Å². The van der Waals surface area contributed by atoms with Gasteiger partial charge in [0.25, 0.3) is 0 Å². The van der Waals surface area contributed by atoms with Crippen molar-refractivity contribution >= 4 is 11.0 Å². The Labute approximate surface area is 140 Å². The molecule has 0 unspecified atom stereocenters. The number of aliphatic hydroxyl groups excluding tert-OH is 1. The summed E-state index contributed by atoms with van der Waals surface area (Å²) in [5, 5.41) is 28.4. The monoisotopic (exact) mass is 344 g/mol. The van der Waals surface area contributed by atoms with Gasteiger partial charge < -0.3 is 33.9 Å². The van der Waals surface area contributed by atoms with E-state index in [1.165, 1.54) is 6.07 Å². The van der Waals surface area contributed by atoms with E-state index in [9.17, 15) is 9.90 Å². The van der Waals surface area contributed by atoms with Crippen molar-refractivity contribution < 1.29 is 33.9 Å². The number of fused-ring (bicyclic) bond motifs is 2. The highest BCUT2D eigenvalue weighted by Crippen LogP contribution is 2.46. The zero-order valence-electron chi connectivity index (χ0n) is 12.6. The van der Waals surface area contributed by atoms with Crippen LogP contribution in [0, 0.1) is 0 Å². The maximum Gasteiger partial charge on any atom is 0.311 e. The highest BCUT2D eigenvalue weighted by atomic mass is 16.7. The molecule has 1 aliphatic heterocycles. The van der Waals surface area contributed by atoms with E-state index in [0.29, 0.717) is 5.56 Å². The third-order valence-corrected chi connectivity index (χ3v) is 3.71. The number of phenols is 1. The van der Waals surface area contributed by atoms with Gasteiger partial charge >= 0.3 is 6.48 Å². The molecule has 128 valence electrons. The first-order chi connectivity index (χ1) is 12.1. The number of hydrogen-bond donors (Lipinski definition) is 3. The van der Waals surface area contributed by atoms with E-state index in [-0.39, 0.29) is 35.0 Å². The minimum atomic E-state index is -2.24. The molecule has 0 aliphatic carbocycles. The van der Waals surface area contributed by atoms with Crippen molar-refractivity contribution in [2.75, 3.05) is 6.79 Å². The van der Waals surface area contributed by atoms with Crippen molar-refractivity contribution in [1.82, 2.24) is 0 Å².